The molecule has 0 bridgehead atoms. The Balaban J connectivity index is 1.96. The number of aromatic nitrogens is 7. The molecule has 0 amide bonds. The largest absolute Gasteiger partial charge is 0.311 e. The summed E-state index contributed by atoms with van der Waals surface area (Å²) in [6.07, 6.45) is 4.11. The molecule has 0 saturated heterocycles. The summed E-state index contributed by atoms with van der Waals surface area (Å²) in [5.41, 5.74) is 0.925. The van der Waals surface area contributed by atoms with Gasteiger partial charge in [-0.25, -0.2) is 9.36 Å². The lowest BCUT2D eigenvalue weighted by Crippen LogP contribution is -2.12. The summed E-state index contributed by atoms with van der Waals surface area (Å²) in [6.45, 7) is 7.26. The highest BCUT2D eigenvalue weighted by Gasteiger charge is 2.08. The SMILES string of the molecule is CCCCn1nnnc1Cn1cc(CNCC)nn1. The van der Waals surface area contributed by atoms with Crippen LogP contribution >= 0.6 is 0 Å². The molecular weight excluding hydrogens is 244 g/mol. The van der Waals surface area contributed by atoms with Crippen molar-refractivity contribution >= 4 is 0 Å². The molecular formula is C11H20N8. The van der Waals surface area contributed by atoms with Crippen LogP contribution in [0.3, 0.4) is 0 Å². The zero-order valence-electron chi connectivity index (χ0n) is 11.5. The molecule has 0 aromatic carbocycles. The van der Waals surface area contributed by atoms with Crippen LogP contribution in [-0.2, 0) is 19.6 Å². The predicted octanol–water partition coefficient (Wildman–Crippen LogP) is 0.222. The van der Waals surface area contributed by atoms with Gasteiger partial charge in [0, 0.05) is 13.1 Å². The fraction of sp³-hybridized carbons (Fsp3) is 0.727. The molecule has 0 saturated carbocycles. The first-order valence-electron chi connectivity index (χ1n) is 6.68. The van der Waals surface area contributed by atoms with Gasteiger partial charge in [-0.2, -0.15) is 0 Å². The minimum atomic E-state index is 0.551. The fourth-order valence-electron chi connectivity index (χ4n) is 1.71. The fourth-order valence-corrected chi connectivity index (χ4v) is 1.71. The Hall–Kier alpha value is -1.83. The number of aryl methyl sites for hydroxylation is 1. The van der Waals surface area contributed by atoms with Gasteiger partial charge in [-0.05, 0) is 23.4 Å². The Kier molecular flexibility index (Phi) is 4.96. The second-order valence-electron chi connectivity index (χ2n) is 4.36. The molecule has 2 heterocycles. The van der Waals surface area contributed by atoms with Crippen molar-refractivity contribution < 1.29 is 0 Å². The van der Waals surface area contributed by atoms with Crippen LogP contribution in [0, 0.1) is 0 Å². The zero-order valence-corrected chi connectivity index (χ0v) is 11.5. The van der Waals surface area contributed by atoms with Gasteiger partial charge in [0.05, 0.1) is 11.9 Å². The normalized spacial score (nSPS) is 11.1. The molecule has 0 radical (unpaired) electrons. The van der Waals surface area contributed by atoms with Gasteiger partial charge in [0.15, 0.2) is 5.82 Å². The summed E-state index contributed by atoms with van der Waals surface area (Å²) in [4.78, 5) is 0. The lowest BCUT2D eigenvalue weighted by Gasteiger charge is -2.02. The highest BCUT2D eigenvalue weighted by atomic mass is 15.6. The van der Waals surface area contributed by atoms with Gasteiger partial charge in [-0.15, -0.1) is 10.2 Å². The van der Waals surface area contributed by atoms with E-state index in [9.17, 15) is 0 Å². The zero-order chi connectivity index (χ0) is 13.5. The summed E-state index contributed by atoms with van der Waals surface area (Å²) < 4.78 is 3.59. The number of unbranched alkanes of at least 4 members (excludes halogenated alkanes) is 1. The Morgan fingerprint density at radius 3 is 2.89 bits per heavy atom. The van der Waals surface area contributed by atoms with Crippen molar-refractivity contribution in [2.45, 2.75) is 46.3 Å². The first kappa shape index (κ1) is 13.6. The highest BCUT2D eigenvalue weighted by Crippen LogP contribution is 2.00. The van der Waals surface area contributed by atoms with Crippen molar-refractivity contribution in [3.63, 3.8) is 0 Å². The molecule has 0 atom stereocenters. The van der Waals surface area contributed by atoms with Gasteiger partial charge in [-0.3, -0.25) is 0 Å². The van der Waals surface area contributed by atoms with Gasteiger partial charge in [0.2, 0.25) is 0 Å². The van der Waals surface area contributed by atoms with Crippen LogP contribution in [0.1, 0.15) is 38.2 Å². The van der Waals surface area contributed by atoms with Gasteiger partial charge in [0.1, 0.15) is 6.54 Å². The quantitative estimate of drug-likeness (QED) is 0.734. The molecule has 2 rings (SSSR count). The van der Waals surface area contributed by atoms with Crippen LogP contribution in [0.25, 0.3) is 0 Å². The van der Waals surface area contributed by atoms with Gasteiger partial charge >= 0.3 is 0 Å². The molecule has 8 heteroatoms. The van der Waals surface area contributed by atoms with E-state index in [0.717, 1.165) is 44.0 Å². The summed E-state index contributed by atoms with van der Waals surface area (Å²) in [7, 11) is 0. The second kappa shape index (κ2) is 6.93. The van der Waals surface area contributed by atoms with Crippen molar-refractivity contribution in [1.29, 1.82) is 0 Å². The molecule has 0 fully saturated rings. The van der Waals surface area contributed by atoms with Crippen LogP contribution in [0.5, 0.6) is 0 Å². The number of rotatable bonds is 8. The van der Waals surface area contributed by atoms with Crippen molar-refractivity contribution in [3.05, 3.63) is 17.7 Å². The standard InChI is InChI=1S/C11H20N8/c1-3-5-6-19-11(14-15-17-19)9-18-8-10(13-16-18)7-12-4-2/h8,12H,3-7,9H2,1-2H3. The number of nitrogens with zero attached hydrogens (tertiary/aromatic N) is 7. The van der Waals surface area contributed by atoms with Crippen molar-refractivity contribution in [1.82, 2.24) is 40.5 Å². The Morgan fingerprint density at radius 1 is 1.21 bits per heavy atom. The summed E-state index contributed by atoms with van der Waals surface area (Å²) >= 11 is 0. The summed E-state index contributed by atoms with van der Waals surface area (Å²) in [5, 5.41) is 23.1. The van der Waals surface area contributed by atoms with Gasteiger partial charge < -0.3 is 5.32 Å². The molecule has 2 aromatic heterocycles. The summed E-state index contributed by atoms with van der Waals surface area (Å²) in [5.74, 6) is 0.813. The van der Waals surface area contributed by atoms with Crippen LogP contribution < -0.4 is 5.32 Å². The molecule has 0 aliphatic carbocycles. The summed E-state index contributed by atoms with van der Waals surface area (Å²) in [6, 6.07) is 0. The number of nitrogens with one attached hydrogen (secondary N) is 1. The highest BCUT2D eigenvalue weighted by molar-refractivity contribution is 4.93. The maximum absolute atomic E-state index is 4.10. The average molecular weight is 264 g/mol. The molecule has 8 nitrogen and oxygen atoms in total. The lowest BCUT2D eigenvalue weighted by molar-refractivity contribution is 0.511. The third-order valence-electron chi connectivity index (χ3n) is 2.78. The van der Waals surface area contributed by atoms with E-state index in [2.05, 4.69) is 45.0 Å². The van der Waals surface area contributed by atoms with E-state index in [4.69, 9.17) is 0 Å². The van der Waals surface area contributed by atoms with Crippen LogP contribution in [0.15, 0.2) is 6.20 Å². The monoisotopic (exact) mass is 264 g/mol. The van der Waals surface area contributed by atoms with Crippen LogP contribution in [0.2, 0.25) is 0 Å². The minimum Gasteiger partial charge on any atom is -0.311 e. The predicted molar refractivity (Wildman–Crippen MR) is 69.2 cm³/mol. The molecule has 2 aromatic rings. The van der Waals surface area contributed by atoms with Crippen molar-refractivity contribution in [2.75, 3.05) is 6.54 Å². The third-order valence-corrected chi connectivity index (χ3v) is 2.78. The second-order valence-corrected chi connectivity index (χ2v) is 4.36. The molecule has 1 N–H and O–H groups in total. The van der Waals surface area contributed by atoms with Crippen molar-refractivity contribution in [2.24, 2.45) is 0 Å². The van der Waals surface area contributed by atoms with Crippen LogP contribution in [-0.4, -0.2) is 41.7 Å². The Bertz CT molecular complexity index is 488. The molecule has 0 spiro atoms. The van der Waals surface area contributed by atoms with Crippen molar-refractivity contribution in [3.8, 4) is 0 Å². The van der Waals surface area contributed by atoms with Gasteiger partial charge in [0.25, 0.3) is 0 Å². The molecule has 19 heavy (non-hydrogen) atoms. The maximum Gasteiger partial charge on any atom is 0.172 e. The van der Waals surface area contributed by atoms with E-state index >= 15 is 0 Å². The van der Waals surface area contributed by atoms with Crippen LogP contribution in [0.4, 0.5) is 0 Å². The number of tetrazole rings is 1. The van der Waals surface area contributed by atoms with E-state index in [1.807, 2.05) is 10.9 Å². The lowest BCUT2D eigenvalue weighted by atomic mass is 10.3. The van der Waals surface area contributed by atoms with E-state index in [0.29, 0.717) is 6.54 Å². The third kappa shape index (κ3) is 3.82. The van der Waals surface area contributed by atoms with Gasteiger partial charge in [-0.1, -0.05) is 25.5 Å². The first-order valence-corrected chi connectivity index (χ1v) is 6.68. The Labute approximate surface area is 112 Å². The number of hydrogen-bond acceptors (Lipinski definition) is 6. The average Bonchev–Trinajstić information content (AvgIpc) is 3.04. The Morgan fingerprint density at radius 2 is 2.11 bits per heavy atom. The smallest absolute Gasteiger partial charge is 0.172 e. The maximum atomic E-state index is 4.10. The molecule has 0 unspecified atom stereocenters. The number of hydrogen-bond donors (Lipinski definition) is 1. The van der Waals surface area contributed by atoms with E-state index < -0.39 is 0 Å². The molecule has 0 aliphatic heterocycles. The topological polar surface area (TPSA) is 86.3 Å². The minimum absolute atomic E-state index is 0.551. The van der Waals surface area contributed by atoms with E-state index in [1.165, 1.54) is 0 Å². The van der Waals surface area contributed by atoms with E-state index in [1.54, 1.807) is 4.68 Å². The first-order chi connectivity index (χ1) is 9.33. The van der Waals surface area contributed by atoms with E-state index in [-0.39, 0.29) is 0 Å². The molecule has 0 aliphatic rings. The molecule has 104 valence electrons.